The molecule has 4 unspecified atom stereocenters. The summed E-state index contributed by atoms with van der Waals surface area (Å²) in [5, 5.41) is 2.83. The van der Waals surface area contributed by atoms with Crippen molar-refractivity contribution >= 4 is 11.6 Å². The molecule has 3 aliphatic rings. The number of ether oxygens (including phenoxy) is 1. The van der Waals surface area contributed by atoms with E-state index in [2.05, 4.69) is 5.32 Å². The minimum atomic E-state index is -0.424. The van der Waals surface area contributed by atoms with Crippen molar-refractivity contribution in [2.45, 2.75) is 50.7 Å². The molecular weight excluding hydrogens is 295 g/mol. The van der Waals surface area contributed by atoms with E-state index in [0.717, 1.165) is 38.5 Å². The molecule has 4 nitrogen and oxygen atoms in total. The third-order valence-electron chi connectivity index (χ3n) is 5.83. The third-order valence-corrected chi connectivity index (χ3v) is 5.83. The number of benzene rings is 1. The number of carbonyl (C=O) groups excluding carboxylic acids is 1. The summed E-state index contributed by atoms with van der Waals surface area (Å²) in [7, 11) is 0. The molecule has 1 amide bonds. The SMILES string of the molecule is NC1C2CCC(C2)C1C(=O)Nc1ccc(OC2CCC2)c(F)c1. The van der Waals surface area contributed by atoms with E-state index in [1.807, 2.05) is 0 Å². The largest absolute Gasteiger partial charge is 0.487 e. The van der Waals surface area contributed by atoms with Crippen molar-refractivity contribution in [2.24, 2.45) is 23.5 Å². The second kappa shape index (κ2) is 5.78. The zero-order chi connectivity index (χ0) is 16.0. The van der Waals surface area contributed by atoms with Gasteiger partial charge in [0.2, 0.25) is 5.91 Å². The van der Waals surface area contributed by atoms with E-state index < -0.39 is 5.82 Å². The molecular formula is C18H23FN2O2. The van der Waals surface area contributed by atoms with Gasteiger partial charge in [0.1, 0.15) is 0 Å². The first-order chi connectivity index (χ1) is 11.1. The van der Waals surface area contributed by atoms with Crippen LogP contribution in [0.4, 0.5) is 10.1 Å². The van der Waals surface area contributed by atoms with Crippen LogP contribution in [-0.2, 0) is 4.79 Å². The number of anilines is 1. The van der Waals surface area contributed by atoms with Crippen LogP contribution in [0.15, 0.2) is 18.2 Å². The number of carbonyl (C=O) groups is 1. The normalized spacial score (nSPS) is 32.6. The monoisotopic (exact) mass is 318 g/mol. The molecule has 4 atom stereocenters. The number of nitrogens with two attached hydrogens (primary N) is 1. The van der Waals surface area contributed by atoms with Gasteiger partial charge in [-0.2, -0.15) is 0 Å². The molecule has 0 spiro atoms. The van der Waals surface area contributed by atoms with Gasteiger partial charge in [-0.05, 0) is 62.5 Å². The zero-order valence-corrected chi connectivity index (χ0v) is 13.1. The molecule has 0 heterocycles. The Kier molecular flexibility index (Phi) is 3.76. The lowest BCUT2D eigenvalue weighted by atomic mass is 9.84. The van der Waals surface area contributed by atoms with E-state index in [1.165, 1.54) is 6.07 Å². The molecule has 3 aliphatic carbocycles. The highest BCUT2D eigenvalue weighted by molar-refractivity contribution is 5.93. The van der Waals surface area contributed by atoms with Crippen LogP contribution in [0, 0.1) is 23.6 Å². The highest BCUT2D eigenvalue weighted by Crippen LogP contribution is 2.48. The van der Waals surface area contributed by atoms with Gasteiger partial charge in [-0.1, -0.05) is 0 Å². The summed E-state index contributed by atoms with van der Waals surface area (Å²) in [6, 6.07) is 4.59. The van der Waals surface area contributed by atoms with E-state index in [1.54, 1.807) is 12.1 Å². The van der Waals surface area contributed by atoms with Crippen LogP contribution < -0.4 is 15.8 Å². The van der Waals surface area contributed by atoms with E-state index >= 15 is 0 Å². The lowest BCUT2D eigenvalue weighted by molar-refractivity contribution is -0.121. The molecule has 1 aromatic carbocycles. The van der Waals surface area contributed by atoms with Crippen LogP contribution in [0.5, 0.6) is 5.75 Å². The van der Waals surface area contributed by atoms with Crippen LogP contribution in [0.2, 0.25) is 0 Å². The molecule has 2 bridgehead atoms. The van der Waals surface area contributed by atoms with Crippen molar-refractivity contribution in [1.29, 1.82) is 0 Å². The lowest BCUT2D eigenvalue weighted by Crippen LogP contribution is -2.42. The summed E-state index contributed by atoms with van der Waals surface area (Å²) in [4.78, 5) is 12.5. The van der Waals surface area contributed by atoms with Crippen LogP contribution in [0.1, 0.15) is 38.5 Å². The van der Waals surface area contributed by atoms with Crippen molar-refractivity contribution in [3.63, 3.8) is 0 Å². The Morgan fingerprint density at radius 2 is 2.00 bits per heavy atom. The predicted molar refractivity (Wildman–Crippen MR) is 85.6 cm³/mol. The summed E-state index contributed by atoms with van der Waals surface area (Å²) < 4.78 is 19.7. The van der Waals surface area contributed by atoms with E-state index in [-0.39, 0.29) is 29.7 Å². The fourth-order valence-electron chi connectivity index (χ4n) is 4.29. The fourth-order valence-corrected chi connectivity index (χ4v) is 4.29. The van der Waals surface area contributed by atoms with Gasteiger partial charge in [0.15, 0.2) is 11.6 Å². The van der Waals surface area contributed by atoms with Gasteiger partial charge in [-0.25, -0.2) is 4.39 Å². The first-order valence-corrected chi connectivity index (χ1v) is 8.64. The topological polar surface area (TPSA) is 64.4 Å². The Labute approximate surface area is 135 Å². The number of hydrogen-bond acceptors (Lipinski definition) is 3. The Morgan fingerprint density at radius 3 is 2.61 bits per heavy atom. The Hall–Kier alpha value is -1.62. The van der Waals surface area contributed by atoms with Gasteiger partial charge in [-0.15, -0.1) is 0 Å². The second-order valence-electron chi connectivity index (χ2n) is 7.24. The fraction of sp³-hybridized carbons (Fsp3) is 0.611. The van der Waals surface area contributed by atoms with Crippen LogP contribution in [0.25, 0.3) is 0 Å². The molecule has 0 aromatic heterocycles. The van der Waals surface area contributed by atoms with Crippen molar-refractivity contribution in [1.82, 2.24) is 0 Å². The van der Waals surface area contributed by atoms with Gasteiger partial charge in [0.05, 0.1) is 12.0 Å². The smallest absolute Gasteiger partial charge is 0.229 e. The quantitative estimate of drug-likeness (QED) is 0.897. The third kappa shape index (κ3) is 2.71. The van der Waals surface area contributed by atoms with Crippen molar-refractivity contribution in [3.8, 4) is 5.75 Å². The Bertz CT molecular complexity index is 615. The summed E-state index contributed by atoms with van der Waals surface area (Å²) in [5.41, 5.74) is 6.67. The molecule has 1 aromatic rings. The maximum atomic E-state index is 14.1. The molecule has 3 N–H and O–H groups in total. The number of fused-ring (bicyclic) bond motifs is 2. The maximum Gasteiger partial charge on any atom is 0.229 e. The van der Waals surface area contributed by atoms with Gasteiger partial charge < -0.3 is 15.8 Å². The number of rotatable bonds is 4. The van der Waals surface area contributed by atoms with Crippen LogP contribution in [0.3, 0.4) is 0 Å². The van der Waals surface area contributed by atoms with E-state index in [4.69, 9.17) is 10.5 Å². The Morgan fingerprint density at radius 1 is 1.22 bits per heavy atom. The van der Waals surface area contributed by atoms with Crippen molar-refractivity contribution < 1.29 is 13.9 Å². The molecule has 3 fully saturated rings. The predicted octanol–water partition coefficient (Wildman–Crippen LogP) is 3.07. The first-order valence-electron chi connectivity index (χ1n) is 8.64. The highest BCUT2D eigenvalue weighted by atomic mass is 19.1. The number of nitrogens with one attached hydrogen (secondary N) is 1. The summed E-state index contributed by atoms with van der Waals surface area (Å²) in [6.45, 7) is 0. The second-order valence-corrected chi connectivity index (χ2v) is 7.24. The molecule has 124 valence electrons. The molecule has 0 aliphatic heterocycles. The molecule has 23 heavy (non-hydrogen) atoms. The molecule has 0 saturated heterocycles. The number of hydrogen-bond donors (Lipinski definition) is 2. The van der Waals surface area contributed by atoms with Gasteiger partial charge in [0, 0.05) is 17.8 Å². The molecule has 5 heteroatoms. The summed E-state index contributed by atoms with van der Waals surface area (Å²) in [5.74, 6) is 0.502. The van der Waals surface area contributed by atoms with Crippen LogP contribution in [-0.4, -0.2) is 18.1 Å². The number of halogens is 1. The highest BCUT2D eigenvalue weighted by Gasteiger charge is 2.49. The first kappa shape index (κ1) is 14.9. The van der Waals surface area contributed by atoms with Crippen LogP contribution >= 0.6 is 0 Å². The number of amides is 1. The van der Waals surface area contributed by atoms with Gasteiger partial charge in [0.25, 0.3) is 0 Å². The minimum absolute atomic E-state index is 0.0557. The van der Waals surface area contributed by atoms with Gasteiger partial charge in [-0.3, -0.25) is 4.79 Å². The van der Waals surface area contributed by atoms with E-state index in [0.29, 0.717) is 17.5 Å². The summed E-state index contributed by atoms with van der Waals surface area (Å²) in [6.07, 6.45) is 6.53. The average molecular weight is 318 g/mol. The molecule has 0 radical (unpaired) electrons. The maximum absolute atomic E-state index is 14.1. The van der Waals surface area contributed by atoms with E-state index in [9.17, 15) is 9.18 Å². The zero-order valence-electron chi connectivity index (χ0n) is 13.1. The standard InChI is InChI=1S/C18H23FN2O2/c19-14-9-12(6-7-15(14)23-13-2-1-3-13)21-18(22)16-10-4-5-11(8-10)17(16)20/h6-7,9-11,13,16-17H,1-5,8,20H2,(H,21,22). The summed E-state index contributed by atoms with van der Waals surface area (Å²) >= 11 is 0. The Balaban J connectivity index is 1.42. The molecule has 4 rings (SSSR count). The van der Waals surface area contributed by atoms with Crippen molar-refractivity contribution in [3.05, 3.63) is 24.0 Å². The lowest BCUT2D eigenvalue weighted by Gasteiger charge is -2.27. The minimum Gasteiger partial charge on any atom is -0.487 e. The average Bonchev–Trinajstić information content (AvgIpc) is 3.05. The van der Waals surface area contributed by atoms with Gasteiger partial charge >= 0.3 is 0 Å². The molecule has 3 saturated carbocycles. The van der Waals surface area contributed by atoms with Crippen molar-refractivity contribution in [2.75, 3.05) is 5.32 Å².